The summed E-state index contributed by atoms with van der Waals surface area (Å²) in [6, 6.07) is 17.7. The molecule has 4 N–H and O–H groups in total. The number of aliphatic hydroxyl groups is 1. The third-order valence-electron chi connectivity index (χ3n) is 7.96. The minimum atomic E-state index is -1.03. The van der Waals surface area contributed by atoms with E-state index in [2.05, 4.69) is 55.7 Å². The normalized spacial score (nSPS) is 16.8. The van der Waals surface area contributed by atoms with Gasteiger partial charge in [-0.15, -0.1) is 0 Å². The van der Waals surface area contributed by atoms with Crippen LogP contribution in [0, 0.1) is 11.6 Å². The quantitative estimate of drug-likeness (QED) is 0.223. The summed E-state index contributed by atoms with van der Waals surface area (Å²) < 4.78 is 28.0. The summed E-state index contributed by atoms with van der Waals surface area (Å²) >= 11 is 0. The topological polar surface area (TPSA) is 81.6 Å². The lowest BCUT2D eigenvalue weighted by Gasteiger charge is -2.41. The number of carboxylic acids is 1. The van der Waals surface area contributed by atoms with Crippen LogP contribution < -0.4 is 10.6 Å². The van der Waals surface area contributed by atoms with E-state index in [0.717, 1.165) is 31.7 Å². The van der Waals surface area contributed by atoms with Crippen molar-refractivity contribution in [1.82, 2.24) is 5.32 Å². The number of rotatable bonds is 10. The number of carbonyl (C=O) groups is 1. The van der Waals surface area contributed by atoms with E-state index in [-0.39, 0.29) is 29.5 Å². The summed E-state index contributed by atoms with van der Waals surface area (Å²) in [5.74, 6) is -2.38. The molecular formula is C33H40F2N2O3. The SMILES string of the molecule is CC(C)(C)c1cccc(C2(NC[C@@H](O)C(Cc3cc(F)cc(F)c3)Nc3ccc(C(=O)O)cc3)CCCCC2)c1. The number of aromatic carboxylic acids is 1. The van der Waals surface area contributed by atoms with Gasteiger partial charge < -0.3 is 20.8 Å². The Morgan fingerprint density at radius 1 is 0.950 bits per heavy atom. The van der Waals surface area contributed by atoms with Gasteiger partial charge in [-0.25, -0.2) is 13.6 Å². The Morgan fingerprint density at radius 2 is 1.60 bits per heavy atom. The van der Waals surface area contributed by atoms with Crippen molar-refractivity contribution < 1.29 is 23.8 Å². The summed E-state index contributed by atoms with van der Waals surface area (Å²) in [6.07, 6.45) is 4.52. The average molecular weight is 551 g/mol. The first-order chi connectivity index (χ1) is 18.9. The van der Waals surface area contributed by atoms with Gasteiger partial charge in [-0.05, 0) is 77.8 Å². The summed E-state index contributed by atoms with van der Waals surface area (Å²) in [6.45, 7) is 6.87. The molecule has 5 nitrogen and oxygen atoms in total. The van der Waals surface area contributed by atoms with E-state index in [0.29, 0.717) is 11.3 Å². The van der Waals surface area contributed by atoms with Gasteiger partial charge in [0.1, 0.15) is 11.6 Å². The van der Waals surface area contributed by atoms with E-state index < -0.39 is 29.7 Å². The highest BCUT2D eigenvalue weighted by Crippen LogP contribution is 2.38. The van der Waals surface area contributed by atoms with Crippen LogP contribution in [-0.4, -0.2) is 34.9 Å². The van der Waals surface area contributed by atoms with E-state index in [1.807, 2.05) is 0 Å². The maximum atomic E-state index is 14.0. The van der Waals surface area contributed by atoms with E-state index in [1.165, 1.54) is 41.8 Å². The van der Waals surface area contributed by atoms with E-state index in [4.69, 9.17) is 0 Å². The van der Waals surface area contributed by atoms with Crippen LogP contribution >= 0.6 is 0 Å². The second kappa shape index (κ2) is 12.5. The molecule has 214 valence electrons. The molecule has 0 spiro atoms. The summed E-state index contributed by atoms with van der Waals surface area (Å²) in [5, 5.41) is 27.7. The first kappa shape index (κ1) is 29.7. The molecule has 1 fully saturated rings. The van der Waals surface area contributed by atoms with Crippen molar-refractivity contribution in [3.05, 3.63) is 101 Å². The van der Waals surface area contributed by atoms with Gasteiger partial charge in [0.15, 0.2) is 0 Å². The van der Waals surface area contributed by atoms with Crippen LogP contribution in [0.3, 0.4) is 0 Å². The summed E-state index contributed by atoms with van der Waals surface area (Å²) in [4.78, 5) is 11.3. The highest BCUT2D eigenvalue weighted by atomic mass is 19.1. The van der Waals surface area contributed by atoms with Crippen LogP contribution in [0.25, 0.3) is 0 Å². The number of halogens is 2. The van der Waals surface area contributed by atoms with Crippen molar-refractivity contribution in [3.8, 4) is 0 Å². The smallest absolute Gasteiger partial charge is 0.335 e. The Labute approximate surface area is 235 Å². The molecule has 0 aliphatic heterocycles. The molecule has 7 heteroatoms. The number of benzene rings is 3. The van der Waals surface area contributed by atoms with Crippen LogP contribution in [-0.2, 0) is 17.4 Å². The molecule has 3 aromatic rings. The van der Waals surface area contributed by atoms with Crippen molar-refractivity contribution in [2.24, 2.45) is 0 Å². The second-order valence-corrected chi connectivity index (χ2v) is 12.0. The molecule has 4 rings (SSSR count). The Balaban J connectivity index is 1.58. The fraction of sp³-hybridized carbons (Fsp3) is 0.424. The van der Waals surface area contributed by atoms with E-state index >= 15 is 0 Å². The number of aliphatic hydroxyl groups excluding tert-OH is 1. The van der Waals surface area contributed by atoms with Gasteiger partial charge in [0.25, 0.3) is 0 Å². The van der Waals surface area contributed by atoms with Crippen LogP contribution in [0.2, 0.25) is 0 Å². The van der Waals surface area contributed by atoms with Crippen molar-refractivity contribution >= 4 is 11.7 Å². The zero-order valence-corrected chi connectivity index (χ0v) is 23.5. The molecule has 0 radical (unpaired) electrons. The Kier molecular flexibility index (Phi) is 9.26. The van der Waals surface area contributed by atoms with Gasteiger partial charge in [-0.3, -0.25) is 0 Å². The summed E-state index contributed by atoms with van der Waals surface area (Å²) in [5.41, 5.74) is 3.38. The van der Waals surface area contributed by atoms with E-state index in [9.17, 15) is 23.8 Å². The maximum absolute atomic E-state index is 14.0. The standard InChI is InChI=1S/C33H40F2N2O3/c1-32(2,3)24-8-7-9-25(19-24)33(14-5-4-6-15-33)36-21-30(38)29(18-22-16-26(34)20-27(35)17-22)37-28-12-10-23(11-13-28)31(39)40/h7-13,16-17,19-20,29-30,36-38H,4-6,14-15,18,21H2,1-3H3,(H,39,40)/t29?,30-/m1/s1. The minimum absolute atomic E-state index is 0.0107. The van der Waals surface area contributed by atoms with Gasteiger partial charge >= 0.3 is 5.97 Å². The predicted molar refractivity (Wildman–Crippen MR) is 155 cm³/mol. The largest absolute Gasteiger partial charge is 0.478 e. The van der Waals surface area contributed by atoms with E-state index in [1.54, 1.807) is 12.1 Å². The van der Waals surface area contributed by atoms with Crippen molar-refractivity contribution in [1.29, 1.82) is 0 Å². The Bertz CT molecular complexity index is 1280. The van der Waals surface area contributed by atoms with Gasteiger partial charge in [-0.2, -0.15) is 0 Å². The van der Waals surface area contributed by atoms with Crippen molar-refractivity contribution in [3.63, 3.8) is 0 Å². The Hall–Kier alpha value is -3.29. The highest BCUT2D eigenvalue weighted by Gasteiger charge is 2.35. The second-order valence-electron chi connectivity index (χ2n) is 12.0. The van der Waals surface area contributed by atoms with Crippen molar-refractivity contribution in [2.45, 2.75) is 82.4 Å². The van der Waals surface area contributed by atoms with Gasteiger partial charge in [0.05, 0.1) is 17.7 Å². The lowest BCUT2D eigenvalue weighted by molar-refractivity contribution is 0.0697. The molecule has 1 saturated carbocycles. The first-order valence-electron chi connectivity index (χ1n) is 14.0. The molecule has 0 saturated heterocycles. The fourth-order valence-electron chi connectivity index (χ4n) is 5.64. The third-order valence-corrected chi connectivity index (χ3v) is 7.96. The minimum Gasteiger partial charge on any atom is -0.478 e. The zero-order valence-electron chi connectivity index (χ0n) is 23.5. The van der Waals surface area contributed by atoms with Gasteiger partial charge in [0.2, 0.25) is 0 Å². The molecule has 0 heterocycles. The van der Waals surface area contributed by atoms with Crippen LogP contribution in [0.4, 0.5) is 14.5 Å². The van der Waals surface area contributed by atoms with Gasteiger partial charge in [0, 0.05) is 23.8 Å². The molecule has 0 aromatic heterocycles. The lowest BCUT2D eigenvalue weighted by Crippen LogP contribution is -2.50. The number of hydrogen-bond acceptors (Lipinski definition) is 4. The molecule has 2 atom stereocenters. The summed E-state index contributed by atoms with van der Waals surface area (Å²) in [7, 11) is 0. The fourth-order valence-corrected chi connectivity index (χ4v) is 5.64. The molecule has 1 unspecified atom stereocenters. The van der Waals surface area contributed by atoms with Crippen molar-refractivity contribution in [2.75, 3.05) is 11.9 Å². The molecule has 1 aliphatic rings. The molecular weight excluding hydrogens is 510 g/mol. The molecule has 3 aromatic carbocycles. The number of anilines is 1. The number of hydrogen-bond donors (Lipinski definition) is 4. The average Bonchev–Trinajstić information content (AvgIpc) is 2.91. The molecule has 0 bridgehead atoms. The lowest BCUT2D eigenvalue weighted by atomic mass is 9.74. The van der Waals surface area contributed by atoms with Gasteiger partial charge in [-0.1, -0.05) is 64.3 Å². The third kappa shape index (κ3) is 7.46. The zero-order chi connectivity index (χ0) is 28.9. The van der Waals surface area contributed by atoms with Crippen LogP contribution in [0.5, 0.6) is 0 Å². The highest BCUT2D eigenvalue weighted by molar-refractivity contribution is 5.88. The number of carboxylic acid groups (broad SMARTS) is 1. The molecule has 1 aliphatic carbocycles. The predicted octanol–water partition coefficient (Wildman–Crippen LogP) is 6.79. The first-order valence-corrected chi connectivity index (χ1v) is 14.0. The maximum Gasteiger partial charge on any atom is 0.335 e. The van der Waals surface area contributed by atoms with Crippen LogP contribution in [0.15, 0.2) is 66.7 Å². The molecule has 40 heavy (non-hydrogen) atoms. The number of nitrogens with one attached hydrogen (secondary N) is 2. The Morgan fingerprint density at radius 3 is 2.20 bits per heavy atom. The monoisotopic (exact) mass is 550 g/mol. The molecule has 0 amide bonds. The van der Waals surface area contributed by atoms with Crippen LogP contribution in [0.1, 0.15) is 79.9 Å².